The molecule has 6 nitrogen and oxygen atoms in total. The summed E-state index contributed by atoms with van der Waals surface area (Å²) < 4.78 is 54.1. The zero-order valence-electron chi connectivity index (χ0n) is 13.6. The van der Waals surface area contributed by atoms with Gasteiger partial charge in [0.05, 0.1) is 5.39 Å². The topological polar surface area (TPSA) is 60.9 Å². The Morgan fingerprint density at radius 3 is 2.58 bits per heavy atom. The van der Waals surface area contributed by atoms with Crippen molar-refractivity contribution in [1.82, 2.24) is 29.4 Å². The smallest absolute Gasteiger partial charge is 0.256 e. The maximum absolute atomic E-state index is 13.1. The largest absolute Gasteiger partial charge is 0.282 e. The molecule has 0 atom stereocenters. The number of fused-ring (bicyclic) bond motifs is 3. The van der Waals surface area contributed by atoms with E-state index >= 15 is 0 Å². The first-order valence-corrected chi connectivity index (χ1v) is 8.40. The Hall–Kier alpha value is -2.56. The van der Waals surface area contributed by atoms with Gasteiger partial charge in [0.2, 0.25) is 0 Å². The van der Waals surface area contributed by atoms with E-state index in [-0.39, 0.29) is 12.4 Å². The van der Waals surface area contributed by atoms with Gasteiger partial charge in [-0.25, -0.2) is 32.0 Å². The molecule has 4 aromatic heterocycles. The van der Waals surface area contributed by atoms with E-state index in [4.69, 9.17) is 0 Å². The second-order valence-corrected chi connectivity index (χ2v) is 6.96. The van der Waals surface area contributed by atoms with Crippen LogP contribution in [0.3, 0.4) is 0 Å². The number of nitrogens with zero attached hydrogens (tertiary/aromatic N) is 6. The first kappa shape index (κ1) is 16.9. The van der Waals surface area contributed by atoms with Crippen LogP contribution in [0.1, 0.15) is 40.5 Å². The number of thiophene rings is 1. The number of halogens is 4. The van der Waals surface area contributed by atoms with Gasteiger partial charge in [0.25, 0.3) is 12.9 Å². The van der Waals surface area contributed by atoms with E-state index in [0.29, 0.717) is 11.7 Å². The minimum absolute atomic E-state index is 0.188. The lowest BCUT2D eigenvalue weighted by Gasteiger charge is -2.03. The molecule has 0 unspecified atom stereocenters. The van der Waals surface area contributed by atoms with Crippen LogP contribution >= 0.6 is 11.3 Å². The minimum Gasteiger partial charge on any atom is -0.256 e. The van der Waals surface area contributed by atoms with Gasteiger partial charge < -0.3 is 0 Å². The summed E-state index contributed by atoms with van der Waals surface area (Å²) in [5, 5.41) is 8.63. The van der Waals surface area contributed by atoms with Gasteiger partial charge in [-0.2, -0.15) is 5.10 Å². The molecule has 0 aliphatic rings. The number of aryl methyl sites for hydroxylation is 2. The van der Waals surface area contributed by atoms with Crippen molar-refractivity contribution < 1.29 is 17.6 Å². The van der Waals surface area contributed by atoms with Gasteiger partial charge in [0, 0.05) is 4.88 Å². The zero-order chi connectivity index (χ0) is 18.6. The zero-order valence-corrected chi connectivity index (χ0v) is 14.4. The Kier molecular flexibility index (Phi) is 3.90. The SMILES string of the molecule is Cc1sc2ncn3nc(Cn4nc(C(F)F)cc4C(F)F)nc3c2c1C. The Bertz CT molecular complexity index is 1110. The van der Waals surface area contributed by atoms with E-state index in [9.17, 15) is 17.6 Å². The van der Waals surface area contributed by atoms with Crippen LogP contribution in [0.4, 0.5) is 17.6 Å². The molecule has 0 fully saturated rings. The molecule has 0 N–H and O–H groups in total. The average Bonchev–Trinajstić information content (AvgIpc) is 3.24. The lowest BCUT2D eigenvalue weighted by molar-refractivity contribution is 0.139. The van der Waals surface area contributed by atoms with E-state index in [1.165, 1.54) is 22.2 Å². The highest BCUT2D eigenvalue weighted by atomic mass is 32.1. The predicted molar refractivity (Wildman–Crippen MR) is 86.9 cm³/mol. The molecule has 136 valence electrons. The molecule has 0 aliphatic carbocycles. The van der Waals surface area contributed by atoms with Crippen molar-refractivity contribution in [3.05, 3.63) is 40.0 Å². The van der Waals surface area contributed by atoms with E-state index in [0.717, 1.165) is 25.3 Å². The van der Waals surface area contributed by atoms with Gasteiger partial charge in [-0.1, -0.05) is 0 Å². The minimum atomic E-state index is -2.93. The fourth-order valence-corrected chi connectivity index (χ4v) is 3.74. The van der Waals surface area contributed by atoms with E-state index in [1.807, 2.05) is 13.8 Å². The summed E-state index contributed by atoms with van der Waals surface area (Å²) in [6.45, 7) is 3.68. The monoisotopic (exact) mass is 384 g/mol. The molecule has 0 bridgehead atoms. The fraction of sp³-hybridized carbons (Fsp3) is 0.333. The Balaban J connectivity index is 1.80. The summed E-state index contributed by atoms with van der Waals surface area (Å²) in [5.41, 5.74) is 0.281. The van der Waals surface area contributed by atoms with Crippen LogP contribution in [-0.2, 0) is 6.54 Å². The summed E-state index contributed by atoms with van der Waals surface area (Å²) in [6.07, 6.45) is -4.36. The average molecular weight is 384 g/mol. The molecular formula is C15H12F4N6S. The second kappa shape index (κ2) is 6.01. The van der Waals surface area contributed by atoms with Crippen molar-refractivity contribution >= 4 is 27.2 Å². The maximum atomic E-state index is 13.1. The van der Waals surface area contributed by atoms with Crippen molar-refractivity contribution in [3.63, 3.8) is 0 Å². The van der Waals surface area contributed by atoms with Crippen LogP contribution in [0.15, 0.2) is 12.4 Å². The van der Waals surface area contributed by atoms with Gasteiger partial charge in [0.1, 0.15) is 29.1 Å². The van der Waals surface area contributed by atoms with Gasteiger partial charge in [0.15, 0.2) is 11.5 Å². The molecule has 0 aromatic carbocycles. The summed E-state index contributed by atoms with van der Waals surface area (Å²) in [5.74, 6) is 0.188. The molecule has 0 saturated heterocycles. The molecule has 0 saturated carbocycles. The third kappa shape index (κ3) is 2.62. The first-order valence-electron chi connectivity index (χ1n) is 7.59. The molecule has 4 heterocycles. The van der Waals surface area contributed by atoms with Gasteiger partial charge in [-0.05, 0) is 25.5 Å². The highest BCUT2D eigenvalue weighted by Crippen LogP contribution is 2.31. The molecule has 11 heteroatoms. The van der Waals surface area contributed by atoms with Crippen molar-refractivity contribution in [2.75, 3.05) is 0 Å². The fourth-order valence-electron chi connectivity index (χ4n) is 2.75. The predicted octanol–water partition coefficient (Wildman–Crippen LogP) is 4.08. The van der Waals surface area contributed by atoms with E-state index in [1.54, 1.807) is 0 Å². The molecule has 0 radical (unpaired) electrons. The van der Waals surface area contributed by atoms with Crippen molar-refractivity contribution in [2.45, 2.75) is 33.2 Å². The second-order valence-electron chi connectivity index (χ2n) is 5.76. The summed E-state index contributed by atoms with van der Waals surface area (Å²) in [7, 11) is 0. The number of aromatic nitrogens is 6. The number of hydrogen-bond donors (Lipinski definition) is 0. The highest BCUT2D eigenvalue weighted by molar-refractivity contribution is 7.18. The van der Waals surface area contributed by atoms with E-state index < -0.39 is 24.2 Å². The number of hydrogen-bond acceptors (Lipinski definition) is 5. The van der Waals surface area contributed by atoms with Crippen molar-refractivity contribution in [1.29, 1.82) is 0 Å². The normalized spacial score (nSPS) is 12.3. The lowest BCUT2D eigenvalue weighted by atomic mass is 10.2. The van der Waals surface area contributed by atoms with Crippen LogP contribution in [0.2, 0.25) is 0 Å². The molecule has 0 aliphatic heterocycles. The third-order valence-corrected chi connectivity index (χ3v) is 5.23. The summed E-state index contributed by atoms with van der Waals surface area (Å²) in [6, 6.07) is 0.706. The molecular weight excluding hydrogens is 372 g/mol. The van der Waals surface area contributed by atoms with Crippen LogP contribution in [-0.4, -0.2) is 29.4 Å². The van der Waals surface area contributed by atoms with Crippen molar-refractivity contribution in [2.24, 2.45) is 0 Å². The standard InChI is InChI=1S/C15H12F4N6S/c1-6-7(2)26-15-11(6)14-21-10(23-25(14)5-20-15)4-24-9(13(18)19)3-8(22-24)12(16)17/h3,5,12-13H,4H2,1-2H3. The number of rotatable bonds is 4. The third-order valence-electron chi connectivity index (χ3n) is 4.12. The first-order chi connectivity index (χ1) is 12.3. The van der Waals surface area contributed by atoms with Crippen LogP contribution in [0, 0.1) is 13.8 Å². The molecule has 4 rings (SSSR count). The Morgan fingerprint density at radius 1 is 1.12 bits per heavy atom. The van der Waals surface area contributed by atoms with Crippen LogP contribution in [0.25, 0.3) is 15.9 Å². The Labute approximate surface area is 148 Å². The van der Waals surface area contributed by atoms with Crippen LogP contribution < -0.4 is 0 Å². The quantitative estimate of drug-likeness (QED) is 0.498. The molecule has 4 aromatic rings. The van der Waals surface area contributed by atoms with Crippen LogP contribution in [0.5, 0.6) is 0 Å². The summed E-state index contributed by atoms with van der Waals surface area (Å²) >= 11 is 1.53. The number of alkyl halides is 4. The van der Waals surface area contributed by atoms with Crippen molar-refractivity contribution in [3.8, 4) is 0 Å². The molecule has 0 spiro atoms. The van der Waals surface area contributed by atoms with E-state index in [2.05, 4.69) is 20.2 Å². The maximum Gasteiger partial charge on any atom is 0.282 e. The Morgan fingerprint density at radius 2 is 1.88 bits per heavy atom. The molecule has 0 amide bonds. The van der Waals surface area contributed by atoms with Gasteiger partial charge in [-0.15, -0.1) is 16.4 Å². The van der Waals surface area contributed by atoms with Gasteiger partial charge in [-0.3, -0.25) is 4.68 Å². The highest BCUT2D eigenvalue weighted by Gasteiger charge is 2.22. The summed E-state index contributed by atoms with van der Waals surface area (Å²) in [4.78, 5) is 10.6. The van der Waals surface area contributed by atoms with Gasteiger partial charge >= 0.3 is 0 Å². The lowest BCUT2D eigenvalue weighted by Crippen LogP contribution is -2.08. The molecule has 26 heavy (non-hydrogen) atoms.